The fourth-order valence-electron chi connectivity index (χ4n) is 4.05. The number of aromatic nitrogens is 1. The number of carboxylic acid groups (broad SMARTS) is 1. The van der Waals surface area contributed by atoms with E-state index in [1.807, 2.05) is 30.3 Å². The first kappa shape index (κ1) is 20.9. The lowest BCUT2D eigenvalue weighted by atomic mass is 10.0. The molecule has 0 saturated carbocycles. The number of piperidine rings is 1. The second-order valence-electron chi connectivity index (χ2n) is 7.84. The smallest absolute Gasteiger partial charge is 0.422 e. The number of hydrogen-bond donors (Lipinski definition) is 2. The van der Waals surface area contributed by atoms with Crippen LogP contribution < -0.4 is 4.74 Å². The van der Waals surface area contributed by atoms with E-state index < -0.39 is 11.9 Å². The number of aliphatic carboxylic acids is 1. The number of carbonyl (C=O) groups excluding carboxylic acids is 1. The fourth-order valence-corrected chi connectivity index (χ4v) is 4.05. The molecule has 1 fully saturated rings. The number of aromatic amines is 1. The van der Waals surface area contributed by atoms with Gasteiger partial charge in [0.15, 0.2) is 5.75 Å². The lowest BCUT2D eigenvalue weighted by Crippen LogP contribution is -2.30. The first-order valence-corrected chi connectivity index (χ1v) is 10.6. The molecule has 0 aliphatic carbocycles. The normalized spacial score (nSPS) is 14.5. The second-order valence-corrected chi connectivity index (χ2v) is 7.84. The van der Waals surface area contributed by atoms with Crippen molar-refractivity contribution in [1.29, 1.82) is 0 Å². The van der Waals surface area contributed by atoms with Gasteiger partial charge in [-0.2, -0.15) is 0 Å². The minimum absolute atomic E-state index is 0.312. The summed E-state index contributed by atoms with van der Waals surface area (Å²) >= 11 is 0. The summed E-state index contributed by atoms with van der Waals surface area (Å²) in [7, 11) is 0. The molecule has 2 N–H and O–H groups in total. The number of carboxylic acids is 1. The summed E-state index contributed by atoms with van der Waals surface area (Å²) in [6, 6.07) is 18.0. The molecule has 6 heteroatoms. The number of nitrogens with zero attached hydrogens (tertiary/aromatic N) is 1. The van der Waals surface area contributed by atoms with Crippen molar-refractivity contribution < 1.29 is 19.4 Å². The van der Waals surface area contributed by atoms with E-state index in [1.165, 1.54) is 11.1 Å². The molecule has 1 aliphatic heterocycles. The van der Waals surface area contributed by atoms with E-state index in [0.29, 0.717) is 17.7 Å². The molecule has 160 valence electrons. The molecule has 1 saturated heterocycles. The highest BCUT2D eigenvalue weighted by Gasteiger charge is 2.23. The van der Waals surface area contributed by atoms with Gasteiger partial charge in [-0.1, -0.05) is 54.1 Å². The molecule has 4 rings (SSSR count). The van der Waals surface area contributed by atoms with Crippen LogP contribution in [0.25, 0.3) is 10.9 Å². The number of ether oxygens (including phenoxy) is 1. The average molecular weight is 418 g/mol. The van der Waals surface area contributed by atoms with Gasteiger partial charge in [0.05, 0.1) is 5.69 Å². The summed E-state index contributed by atoms with van der Waals surface area (Å²) in [5.74, 6) is -2.56. The maximum atomic E-state index is 11.7. The number of aryl methyl sites for hydroxylation is 1. The Labute approximate surface area is 181 Å². The predicted molar refractivity (Wildman–Crippen MR) is 119 cm³/mol. The van der Waals surface area contributed by atoms with Gasteiger partial charge in [0.25, 0.3) is 0 Å². The Bertz CT molecular complexity index is 1090. The lowest BCUT2D eigenvalue weighted by Gasteiger charge is -2.28. The van der Waals surface area contributed by atoms with Crippen LogP contribution in [0.1, 0.15) is 30.5 Å². The summed E-state index contributed by atoms with van der Waals surface area (Å²) in [4.78, 5) is 28.3. The van der Waals surface area contributed by atoms with Crippen LogP contribution in [0.3, 0.4) is 0 Å². The van der Waals surface area contributed by atoms with E-state index in [9.17, 15) is 9.59 Å². The monoisotopic (exact) mass is 418 g/mol. The van der Waals surface area contributed by atoms with Crippen molar-refractivity contribution in [2.24, 2.45) is 0 Å². The highest BCUT2D eigenvalue weighted by atomic mass is 16.6. The summed E-state index contributed by atoms with van der Waals surface area (Å²) in [6.45, 7) is 2.41. The number of benzene rings is 2. The van der Waals surface area contributed by atoms with Crippen molar-refractivity contribution >= 4 is 22.8 Å². The molecule has 2 aromatic carbocycles. The Balaban J connectivity index is 1.38. The SMILES string of the molecule is O=C(O)C(=O)Oc1c(CN2CCC(=CCCc3ccccc3)CC2)[nH]c2ccccc12. The highest BCUT2D eigenvalue weighted by Crippen LogP contribution is 2.32. The van der Waals surface area contributed by atoms with Crippen molar-refractivity contribution in [1.82, 2.24) is 9.88 Å². The molecule has 3 aromatic rings. The summed E-state index contributed by atoms with van der Waals surface area (Å²) in [6.07, 6.45) is 6.50. The van der Waals surface area contributed by atoms with E-state index in [-0.39, 0.29) is 0 Å². The molecule has 1 aliphatic rings. The molecule has 1 aromatic heterocycles. The number of para-hydroxylation sites is 1. The summed E-state index contributed by atoms with van der Waals surface area (Å²) in [5.41, 5.74) is 4.40. The molecular formula is C25H26N2O4. The molecular weight excluding hydrogens is 392 g/mol. The van der Waals surface area contributed by atoms with E-state index in [0.717, 1.165) is 50.0 Å². The largest absolute Gasteiger partial charge is 0.473 e. The summed E-state index contributed by atoms with van der Waals surface area (Å²) < 4.78 is 5.21. The number of hydrogen-bond acceptors (Lipinski definition) is 4. The Hall–Kier alpha value is -3.38. The average Bonchev–Trinajstić information content (AvgIpc) is 3.12. The molecule has 0 atom stereocenters. The van der Waals surface area contributed by atoms with Gasteiger partial charge in [-0.15, -0.1) is 0 Å². The molecule has 0 unspecified atom stereocenters. The third-order valence-corrected chi connectivity index (χ3v) is 5.69. The number of allylic oxidation sites excluding steroid dienone is 1. The van der Waals surface area contributed by atoms with Gasteiger partial charge in [0, 0.05) is 30.5 Å². The number of likely N-dealkylation sites (tertiary alicyclic amines) is 1. The van der Waals surface area contributed by atoms with Crippen LogP contribution in [0, 0.1) is 0 Å². The number of esters is 1. The first-order chi connectivity index (χ1) is 15.1. The van der Waals surface area contributed by atoms with Crippen LogP contribution in [-0.2, 0) is 22.6 Å². The number of carbonyl (C=O) groups is 2. The van der Waals surface area contributed by atoms with Crippen molar-refractivity contribution in [3.63, 3.8) is 0 Å². The Morgan fingerprint density at radius 2 is 1.74 bits per heavy atom. The topological polar surface area (TPSA) is 82.6 Å². The van der Waals surface area contributed by atoms with Gasteiger partial charge >= 0.3 is 11.9 Å². The number of nitrogens with one attached hydrogen (secondary N) is 1. The van der Waals surface area contributed by atoms with Crippen LogP contribution in [0.5, 0.6) is 5.75 Å². The quantitative estimate of drug-likeness (QED) is 0.354. The van der Waals surface area contributed by atoms with Crippen LogP contribution >= 0.6 is 0 Å². The molecule has 2 heterocycles. The standard InChI is InChI=1S/C25H26N2O4/c28-24(29)25(30)31-23-20-11-4-5-12-21(20)26-22(23)17-27-15-13-19(14-16-27)10-6-9-18-7-2-1-3-8-18/h1-5,7-8,10-12,26H,6,9,13-17H2,(H,28,29). The van der Waals surface area contributed by atoms with Gasteiger partial charge in [-0.3, -0.25) is 4.90 Å². The Kier molecular flexibility index (Phi) is 6.48. The lowest BCUT2D eigenvalue weighted by molar-refractivity contribution is -0.158. The zero-order valence-electron chi connectivity index (χ0n) is 17.3. The van der Waals surface area contributed by atoms with Crippen LogP contribution in [-0.4, -0.2) is 40.0 Å². The maximum absolute atomic E-state index is 11.7. The van der Waals surface area contributed by atoms with Crippen LogP contribution in [0.2, 0.25) is 0 Å². The minimum atomic E-state index is -1.60. The molecule has 0 bridgehead atoms. The molecule has 0 amide bonds. The van der Waals surface area contributed by atoms with Gasteiger partial charge < -0.3 is 14.8 Å². The van der Waals surface area contributed by atoms with Gasteiger partial charge in [-0.05, 0) is 43.4 Å². The van der Waals surface area contributed by atoms with Crippen LogP contribution in [0.15, 0.2) is 66.2 Å². The number of H-pyrrole nitrogens is 1. The van der Waals surface area contributed by atoms with E-state index >= 15 is 0 Å². The second kappa shape index (κ2) is 9.62. The van der Waals surface area contributed by atoms with E-state index in [2.05, 4.69) is 40.2 Å². The minimum Gasteiger partial charge on any atom is -0.473 e. The fraction of sp³-hybridized carbons (Fsp3) is 0.280. The third kappa shape index (κ3) is 5.22. The predicted octanol–water partition coefficient (Wildman–Crippen LogP) is 4.31. The maximum Gasteiger partial charge on any atom is 0.422 e. The van der Waals surface area contributed by atoms with Crippen LogP contribution in [0.4, 0.5) is 0 Å². The molecule has 0 spiro atoms. The molecule has 0 radical (unpaired) electrons. The number of fused-ring (bicyclic) bond motifs is 1. The van der Waals surface area contributed by atoms with E-state index in [4.69, 9.17) is 9.84 Å². The Morgan fingerprint density at radius 3 is 2.48 bits per heavy atom. The third-order valence-electron chi connectivity index (χ3n) is 5.69. The van der Waals surface area contributed by atoms with Crippen molar-refractivity contribution in [2.75, 3.05) is 13.1 Å². The zero-order valence-corrected chi connectivity index (χ0v) is 17.3. The zero-order chi connectivity index (χ0) is 21.6. The first-order valence-electron chi connectivity index (χ1n) is 10.6. The van der Waals surface area contributed by atoms with Gasteiger partial charge in [0.2, 0.25) is 0 Å². The molecule has 6 nitrogen and oxygen atoms in total. The van der Waals surface area contributed by atoms with Crippen molar-refractivity contribution in [3.05, 3.63) is 77.5 Å². The van der Waals surface area contributed by atoms with Gasteiger partial charge in [-0.25, -0.2) is 9.59 Å². The van der Waals surface area contributed by atoms with Crippen molar-refractivity contribution in [3.8, 4) is 5.75 Å². The Morgan fingerprint density at radius 1 is 1.03 bits per heavy atom. The summed E-state index contributed by atoms with van der Waals surface area (Å²) in [5, 5.41) is 9.65. The number of rotatable bonds is 6. The van der Waals surface area contributed by atoms with Crippen molar-refractivity contribution in [2.45, 2.75) is 32.2 Å². The highest BCUT2D eigenvalue weighted by molar-refractivity contribution is 6.29. The van der Waals surface area contributed by atoms with Gasteiger partial charge in [0.1, 0.15) is 0 Å². The van der Waals surface area contributed by atoms with E-state index in [1.54, 1.807) is 0 Å². The molecule has 31 heavy (non-hydrogen) atoms.